The van der Waals surface area contributed by atoms with Gasteiger partial charge in [0.25, 0.3) is 0 Å². The summed E-state index contributed by atoms with van der Waals surface area (Å²) >= 11 is 0. The molecule has 0 heterocycles. The highest BCUT2D eigenvalue weighted by atomic mass is 16.5. The van der Waals surface area contributed by atoms with Gasteiger partial charge in [0.15, 0.2) is 0 Å². The molecule has 3 nitrogen and oxygen atoms in total. The SMILES string of the molecule is CCCN(C)CC(O)COCC. The minimum absolute atomic E-state index is 0.346. The summed E-state index contributed by atoms with van der Waals surface area (Å²) in [5.41, 5.74) is 0. The highest BCUT2D eigenvalue weighted by Gasteiger charge is 2.06. The van der Waals surface area contributed by atoms with E-state index < -0.39 is 0 Å². The van der Waals surface area contributed by atoms with Crippen molar-refractivity contribution in [3.8, 4) is 0 Å². The third-order valence-corrected chi connectivity index (χ3v) is 1.64. The summed E-state index contributed by atoms with van der Waals surface area (Å²) < 4.78 is 5.10. The van der Waals surface area contributed by atoms with Crippen molar-refractivity contribution in [1.82, 2.24) is 4.90 Å². The molecule has 74 valence electrons. The molecule has 0 amide bonds. The second kappa shape index (κ2) is 7.53. The van der Waals surface area contributed by atoms with Gasteiger partial charge in [0, 0.05) is 13.2 Å². The van der Waals surface area contributed by atoms with Crippen LogP contribution in [0.1, 0.15) is 20.3 Å². The first-order valence-corrected chi connectivity index (χ1v) is 4.65. The van der Waals surface area contributed by atoms with E-state index in [4.69, 9.17) is 4.74 Å². The van der Waals surface area contributed by atoms with E-state index in [0.717, 1.165) is 13.0 Å². The molecule has 0 aromatic carbocycles. The van der Waals surface area contributed by atoms with Crippen molar-refractivity contribution in [1.29, 1.82) is 0 Å². The van der Waals surface area contributed by atoms with Crippen LogP contribution < -0.4 is 0 Å². The standard InChI is InChI=1S/C9H21NO2/c1-4-6-10(3)7-9(11)8-12-5-2/h9,11H,4-8H2,1-3H3. The predicted molar refractivity (Wildman–Crippen MR) is 50.3 cm³/mol. The summed E-state index contributed by atoms with van der Waals surface area (Å²) in [5.74, 6) is 0. The molecule has 0 saturated heterocycles. The Morgan fingerprint density at radius 2 is 2.08 bits per heavy atom. The molecular formula is C9H21NO2. The van der Waals surface area contributed by atoms with Crippen molar-refractivity contribution in [2.24, 2.45) is 0 Å². The van der Waals surface area contributed by atoms with Gasteiger partial charge < -0.3 is 14.7 Å². The smallest absolute Gasteiger partial charge is 0.0900 e. The lowest BCUT2D eigenvalue weighted by Gasteiger charge is -2.19. The molecule has 1 atom stereocenters. The Hall–Kier alpha value is -0.120. The molecule has 0 aromatic rings. The summed E-state index contributed by atoms with van der Waals surface area (Å²) in [6.45, 7) is 6.92. The number of hydrogen-bond acceptors (Lipinski definition) is 3. The minimum Gasteiger partial charge on any atom is -0.389 e. The summed E-state index contributed by atoms with van der Waals surface area (Å²) in [7, 11) is 2.01. The van der Waals surface area contributed by atoms with Gasteiger partial charge in [-0.1, -0.05) is 6.92 Å². The molecule has 0 aliphatic heterocycles. The summed E-state index contributed by atoms with van der Waals surface area (Å²) in [6.07, 6.45) is 0.777. The molecule has 0 spiro atoms. The number of likely N-dealkylation sites (N-methyl/N-ethyl adjacent to an activating group) is 1. The first kappa shape index (κ1) is 11.9. The van der Waals surface area contributed by atoms with Crippen LogP contribution in [0.15, 0.2) is 0 Å². The Morgan fingerprint density at radius 3 is 2.58 bits per heavy atom. The highest BCUT2D eigenvalue weighted by molar-refractivity contribution is 4.59. The minimum atomic E-state index is -0.346. The zero-order valence-corrected chi connectivity index (χ0v) is 8.42. The summed E-state index contributed by atoms with van der Waals surface area (Å²) in [6, 6.07) is 0. The van der Waals surface area contributed by atoms with Crippen molar-refractivity contribution in [2.75, 3.05) is 33.4 Å². The lowest BCUT2D eigenvalue weighted by Crippen LogP contribution is -2.32. The molecule has 0 aromatic heterocycles. The lowest BCUT2D eigenvalue weighted by atomic mass is 10.3. The van der Waals surface area contributed by atoms with Crippen LogP contribution in [0.5, 0.6) is 0 Å². The van der Waals surface area contributed by atoms with Gasteiger partial charge >= 0.3 is 0 Å². The van der Waals surface area contributed by atoms with Crippen LogP contribution in [0.25, 0.3) is 0 Å². The number of ether oxygens (including phenoxy) is 1. The molecule has 0 radical (unpaired) electrons. The average Bonchev–Trinajstić information content (AvgIpc) is 2.01. The maximum atomic E-state index is 9.41. The molecule has 0 bridgehead atoms. The van der Waals surface area contributed by atoms with Crippen LogP contribution in [-0.2, 0) is 4.74 Å². The number of aliphatic hydroxyl groups is 1. The Labute approximate surface area is 75.3 Å². The number of rotatable bonds is 7. The fourth-order valence-electron chi connectivity index (χ4n) is 1.14. The maximum absolute atomic E-state index is 9.41. The van der Waals surface area contributed by atoms with Crippen LogP contribution in [0.3, 0.4) is 0 Å². The van der Waals surface area contributed by atoms with Gasteiger partial charge in [-0.2, -0.15) is 0 Å². The number of aliphatic hydroxyl groups excluding tert-OH is 1. The van der Waals surface area contributed by atoms with Crippen LogP contribution >= 0.6 is 0 Å². The van der Waals surface area contributed by atoms with Gasteiger partial charge in [-0.25, -0.2) is 0 Å². The van der Waals surface area contributed by atoms with Crippen LogP contribution in [0.2, 0.25) is 0 Å². The zero-order valence-electron chi connectivity index (χ0n) is 8.42. The lowest BCUT2D eigenvalue weighted by molar-refractivity contribution is 0.0256. The van der Waals surface area contributed by atoms with Gasteiger partial charge in [0.1, 0.15) is 0 Å². The topological polar surface area (TPSA) is 32.7 Å². The van der Waals surface area contributed by atoms with Crippen molar-refractivity contribution < 1.29 is 9.84 Å². The molecule has 0 aliphatic rings. The quantitative estimate of drug-likeness (QED) is 0.619. The van der Waals surface area contributed by atoms with E-state index in [9.17, 15) is 5.11 Å². The third kappa shape index (κ3) is 6.58. The Balaban J connectivity index is 3.33. The summed E-state index contributed by atoms with van der Waals surface area (Å²) in [5, 5.41) is 9.41. The fourth-order valence-corrected chi connectivity index (χ4v) is 1.14. The monoisotopic (exact) mass is 175 g/mol. The van der Waals surface area contributed by atoms with E-state index >= 15 is 0 Å². The zero-order chi connectivity index (χ0) is 9.40. The van der Waals surface area contributed by atoms with Crippen molar-refractivity contribution in [3.63, 3.8) is 0 Å². The molecule has 12 heavy (non-hydrogen) atoms. The summed E-state index contributed by atoms with van der Waals surface area (Å²) in [4.78, 5) is 2.11. The van der Waals surface area contributed by atoms with E-state index in [1.807, 2.05) is 14.0 Å². The van der Waals surface area contributed by atoms with E-state index in [0.29, 0.717) is 19.8 Å². The van der Waals surface area contributed by atoms with Gasteiger partial charge in [-0.3, -0.25) is 0 Å². The normalized spacial score (nSPS) is 13.8. The second-order valence-corrected chi connectivity index (χ2v) is 3.08. The van der Waals surface area contributed by atoms with Gasteiger partial charge in [0.2, 0.25) is 0 Å². The second-order valence-electron chi connectivity index (χ2n) is 3.08. The van der Waals surface area contributed by atoms with Crippen molar-refractivity contribution in [2.45, 2.75) is 26.4 Å². The first-order valence-electron chi connectivity index (χ1n) is 4.65. The van der Waals surface area contributed by atoms with Gasteiger partial charge in [-0.05, 0) is 26.9 Å². The molecule has 3 heteroatoms. The van der Waals surface area contributed by atoms with Crippen molar-refractivity contribution in [3.05, 3.63) is 0 Å². The van der Waals surface area contributed by atoms with E-state index in [2.05, 4.69) is 11.8 Å². The van der Waals surface area contributed by atoms with Gasteiger partial charge in [0.05, 0.1) is 12.7 Å². The van der Waals surface area contributed by atoms with E-state index in [1.165, 1.54) is 0 Å². The van der Waals surface area contributed by atoms with E-state index in [1.54, 1.807) is 0 Å². The van der Waals surface area contributed by atoms with E-state index in [-0.39, 0.29) is 6.10 Å². The first-order chi connectivity index (χ1) is 5.70. The molecule has 0 fully saturated rings. The largest absolute Gasteiger partial charge is 0.389 e. The fraction of sp³-hybridized carbons (Fsp3) is 1.00. The molecule has 0 saturated carbocycles. The molecule has 0 aliphatic carbocycles. The third-order valence-electron chi connectivity index (χ3n) is 1.64. The number of nitrogens with zero attached hydrogens (tertiary/aromatic N) is 1. The Bertz CT molecular complexity index is 98.5. The Kier molecular flexibility index (Phi) is 7.45. The molecular weight excluding hydrogens is 154 g/mol. The predicted octanol–water partition coefficient (Wildman–Crippen LogP) is 0.726. The van der Waals surface area contributed by atoms with Crippen LogP contribution in [0.4, 0.5) is 0 Å². The molecule has 1 unspecified atom stereocenters. The average molecular weight is 175 g/mol. The van der Waals surface area contributed by atoms with Crippen LogP contribution in [0, 0.1) is 0 Å². The Morgan fingerprint density at radius 1 is 1.42 bits per heavy atom. The molecule has 0 rings (SSSR count). The van der Waals surface area contributed by atoms with Gasteiger partial charge in [-0.15, -0.1) is 0 Å². The molecule has 1 N–H and O–H groups in total. The highest BCUT2D eigenvalue weighted by Crippen LogP contribution is 1.92. The van der Waals surface area contributed by atoms with Crippen LogP contribution in [-0.4, -0.2) is 49.5 Å². The van der Waals surface area contributed by atoms with Crippen molar-refractivity contribution >= 4 is 0 Å². The number of hydrogen-bond donors (Lipinski definition) is 1. The maximum Gasteiger partial charge on any atom is 0.0900 e.